The molecule has 1 aliphatic rings. The fraction of sp³-hybridized carbons (Fsp3) is 0.684. The van der Waals surface area contributed by atoms with Crippen molar-refractivity contribution in [2.24, 2.45) is 24.6 Å². The predicted octanol–water partition coefficient (Wildman–Crippen LogP) is 0.827. The minimum absolute atomic E-state index is 0.0814. The van der Waals surface area contributed by atoms with Gasteiger partial charge in [0.25, 0.3) is 0 Å². The number of hydrogen-bond donors (Lipinski definition) is 2. The molecule has 1 fully saturated rings. The number of nitrogens with two attached hydrogens (primary N) is 1. The third kappa shape index (κ3) is 6.86. The van der Waals surface area contributed by atoms with Crippen molar-refractivity contribution in [3.8, 4) is 0 Å². The number of nitrogens with zero attached hydrogens (tertiary/aromatic N) is 3. The Morgan fingerprint density at radius 3 is 2.68 bits per heavy atom. The van der Waals surface area contributed by atoms with Crippen LogP contribution >= 0.6 is 0 Å². The third-order valence-corrected chi connectivity index (χ3v) is 4.60. The molecule has 0 saturated carbocycles. The summed E-state index contributed by atoms with van der Waals surface area (Å²) in [5.41, 5.74) is 5.82. The van der Waals surface area contributed by atoms with E-state index in [0.717, 1.165) is 12.0 Å². The van der Waals surface area contributed by atoms with Gasteiger partial charge in [0.05, 0.1) is 12.1 Å². The average Bonchev–Trinajstić information content (AvgIpc) is 3.18. The molecule has 2 atom stereocenters. The maximum atomic E-state index is 12.3. The number of ether oxygens (including phenoxy) is 1. The normalized spacial score (nSPS) is 18.0. The number of likely N-dealkylation sites (tertiary alicyclic amines) is 1. The summed E-state index contributed by atoms with van der Waals surface area (Å²) < 4.78 is 7.02. The van der Waals surface area contributed by atoms with Crippen molar-refractivity contribution in [2.45, 2.75) is 45.6 Å². The number of nitrogens with one attached hydrogen (secondary N) is 1. The molecule has 0 spiro atoms. The van der Waals surface area contributed by atoms with E-state index in [1.807, 2.05) is 27.0 Å². The summed E-state index contributed by atoms with van der Waals surface area (Å²) in [4.78, 5) is 37.7. The molecule has 0 bridgehead atoms. The Morgan fingerprint density at radius 2 is 2.11 bits per heavy atom. The van der Waals surface area contributed by atoms with E-state index in [-0.39, 0.29) is 24.5 Å². The van der Waals surface area contributed by atoms with Gasteiger partial charge in [-0.25, -0.2) is 4.79 Å². The van der Waals surface area contributed by atoms with Crippen molar-refractivity contribution in [3.63, 3.8) is 0 Å². The first-order valence-electron chi connectivity index (χ1n) is 9.55. The lowest BCUT2D eigenvalue weighted by atomic mass is 10.00. The van der Waals surface area contributed by atoms with Crippen LogP contribution in [0, 0.1) is 11.8 Å². The van der Waals surface area contributed by atoms with Gasteiger partial charge in [0, 0.05) is 39.3 Å². The first-order valence-corrected chi connectivity index (χ1v) is 9.55. The smallest absolute Gasteiger partial charge is 0.410 e. The second-order valence-corrected chi connectivity index (χ2v) is 8.41. The topological polar surface area (TPSA) is 120 Å². The first-order chi connectivity index (χ1) is 13.0. The van der Waals surface area contributed by atoms with Gasteiger partial charge in [-0.05, 0) is 45.1 Å². The van der Waals surface area contributed by atoms with Gasteiger partial charge < -0.3 is 20.7 Å². The Labute approximate surface area is 165 Å². The summed E-state index contributed by atoms with van der Waals surface area (Å²) in [6.45, 7) is 6.74. The summed E-state index contributed by atoms with van der Waals surface area (Å²) in [6, 6.07) is 0. The molecule has 0 aliphatic carbocycles. The quantitative estimate of drug-likeness (QED) is 0.711. The molecular formula is C19H31N5O4. The van der Waals surface area contributed by atoms with Crippen LogP contribution in [0.15, 0.2) is 12.4 Å². The minimum atomic E-state index is -0.537. The van der Waals surface area contributed by atoms with E-state index >= 15 is 0 Å². The molecule has 1 saturated heterocycles. The number of rotatable bonds is 7. The zero-order chi connectivity index (χ0) is 20.9. The highest BCUT2D eigenvalue weighted by atomic mass is 16.6. The van der Waals surface area contributed by atoms with E-state index in [4.69, 9.17) is 10.5 Å². The van der Waals surface area contributed by atoms with Crippen molar-refractivity contribution < 1.29 is 19.1 Å². The molecule has 3 N–H and O–H groups in total. The SMILES string of the molecule is Cn1cc(C[C@@H](CNC(=O)C[C@H]2CCN(C(=O)OC(C)(C)C)C2)C(N)=O)cn1. The summed E-state index contributed by atoms with van der Waals surface area (Å²) in [5.74, 6) is -1.01. The largest absolute Gasteiger partial charge is 0.444 e. The van der Waals surface area contributed by atoms with Gasteiger partial charge in [-0.2, -0.15) is 5.10 Å². The van der Waals surface area contributed by atoms with Gasteiger partial charge in [0.2, 0.25) is 11.8 Å². The molecule has 1 aliphatic heterocycles. The molecule has 0 unspecified atom stereocenters. The molecule has 2 heterocycles. The van der Waals surface area contributed by atoms with Gasteiger partial charge in [0.1, 0.15) is 5.60 Å². The van der Waals surface area contributed by atoms with Crippen LogP contribution in [0.1, 0.15) is 39.2 Å². The molecule has 1 aromatic heterocycles. The van der Waals surface area contributed by atoms with E-state index in [0.29, 0.717) is 25.9 Å². The van der Waals surface area contributed by atoms with Crippen LogP contribution in [0.3, 0.4) is 0 Å². The van der Waals surface area contributed by atoms with E-state index < -0.39 is 17.4 Å². The highest BCUT2D eigenvalue weighted by Gasteiger charge is 2.31. The number of aryl methyl sites for hydroxylation is 1. The third-order valence-electron chi connectivity index (χ3n) is 4.60. The molecule has 0 aromatic carbocycles. The van der Waals surface area contributed by atoms with Gasteiger partial charge >= 0.3 is 6.09 Å². The van der Waals surface area contributed by atoms with Crippen LogP contribution in [0.5, 0.6) is 0 Å². The Hall–Kier alpha value is -2.58. The van der Waals surface area contributed by atoms with Crippen LogP contribution in [0.2, 0.25) is 0 Å². The second kappa shape index (κ2) is 9.07. The number of primary amides is 1. The highest BCUT2D eigenvalue weighted by molar-refractivity contribution is 5.80. The lowest BCUT2D eigenvalue weighted by Gasteiger charge is -2.24. The fourth-order valence-corrected chi connectivity index (χ4v) is 3.20. The predicted molar refractivity (Wildman–Crippen MR) is 103 cm³/mol. The van der Waals surface area contributed by atoms with Gasteiger partial charge in [0.15, 0.2) is 0 Å². The summed E-state index contributed by atoms with van der Waals surface area (Å²) in [7, 11) is 1.80. The van der Waals surface area contributed by atoms with Gasteiger partial charge in [-0.1, -0.05) is 0 Å². The molecule has 1 aromatic rings. The lowest BCUT2D eigenvalue weighted by Crippen LogP contribution is -2.38. The Kier molecular flexibility index (Phi) is 7.04. The van der Waals surface area contributed by atoms with Crippen LogP contribution in [-0.2, 0) is 27.8 Å². The van der Waals surface area contributed by atoms with Crippen LogP contribution in [0.4, 0.5) is 4.79 Å². The van der Waals surface area contributed by atoms with Crippen molar-refractivity contribution in [1.29, 1.82) is 0 Å². The molecular weight excluding hydrogens is 362 g/mol. The van der Waals surface area contributed by atoms with E-state index in [1.54, 1.807) is 22.8 Å². The molecule has 3 amide bonds. The van der Waals surface area contributed by atoms with Crippen LogP contribution in [-0.4, -0.2) is 57.8 Å². The van der Waals surface area contributed by atoms with Crippen LogP contribution in [0.25, 0.3) is 0 Å². The molecule has 156 valence electrons. The van der Waals surface area contributed by atoms with Crippen molar-refractivity contribution in [3.05, 3.63) is 18.0 Å². The maximum absolute atomic E-state index is 12.3. The monoisotopic (exact) mass is 393 g/mol. The summed E-state index contributed by atoms with van der Waals surface area (Å²) in [5, 5.41) is 6.87. The first kappa shape index (κ1) is 21.7. The Balaban J connectivity index is 1.77. The molecule has 9 heteroatoms. The zero-order valence-electron chi connectivity index (χ0n) is 17.1. The van der Waals surface area contributed by atoms with Crippen molar-refractivity contribution >= 4 is 17.9 Å². The van der Waals surface area contributed by atoms with Crippen LogP contribution < -0.4 is 11.1 Å². The summed E-state index contributed by atoms with van der Waals surface area (Å²) >= 11 is 0. The molecule has 9 nitrogen and oxygen atoms in total. The lowest BCUT2D eigenvalue weighted by molar-refractivity contribution is -0.123. The van der Waals surface area contributed by atoms with Crippen molar-refractivity contribution in [2.75, 3.05) is 19.6 Å². The van der Waals surface area contributed by atoms with Gasteiger partial charge in [-0.3, -0.25) is 14.3 Å². The second-order valence-electron chi connectivity index (χ2n) is 8.41. The van der Waals surface area contributed by atoms with Gasteiger partial charge in [-0.15, -0.1) is 0 Å². The van der Waals surface area contributed by atoms with E-state index in [2.05, 4.69) is 10.4 Å². The number of amides is 3. The number of aromatic nitrogens is 2. The van der Waals surface area contributed by atoms with E-state index in [1.165, 1.54) is 0 Å². The molecule has 2 rings (SSSR count). The standard InChI is InChI=1S/C19H31N5O4/c1-19(2,3)28-18(27)24-6-5-13(12-24)8-16(25)21-10-15(17(20)26)7-14-9-22-23(4)11-14/h9,11,13,15H,5-8,10,12H2,1-4H3,(H2,20,26)(H,21,25)/t13-,15+/m1/s1. The number of carbonyl (C=O) groups is 3. The average molecular weight is 393 g/mol. The van der Waals surface area contributed by atoms with Crippen molar-refractivity contribution in [1.82, 2.24) is 20.0 Å². The minimum Gasteiger partial charge on any atom is -0.444 e. The number of carbonyl (C=O) groups excluding carboxylic acids is 3. The highest BCUT2D eigenvalue weighted by Crippen LogP contribution is 2.22. The summed E-state index contributed by atoms with van der Waals surface area (Å²) in [6.07, 6.45) is 4.64. The zero-order valence-corrected chi connectivity index (χ0v) is 17.1. The maximum Gasteiger partial charge on any atom is 0.410 e. The molecule has 28 heavy (non-hydrogen) atoms. The molecule has 0 radical (unpaired) electrons. The van der Waals surface area contributed by atoms with E-state index in [9.17, 15) is 14.4 Å². The fourth-order valence-electron chi connectivity index (χ4n) is 3.20. The Bertz CT molecular complexity index is 709. The number of hydrogen-bond acceptors (Lipinski definition) is 5. The Morgan fingerprint density at radius 1 is 1.39 bits per heavy atom.